The predicted octanol–water partition coefficient (Wildman–Crippen LogP) is 3.93. The molecule has 0 amide bonds. The number of allylic oxidation sites excluding steroid dienone is 4. The van der Waals surface area contributed by atoms with Crippen molar-refractivity contribution in [2.24, 2.45) is 11.5 Å². The number of unbranched alkanes of at least 4 members (excludes halogenated alkanes) is 10. The van der Waals surface area contributed by atoms with Gasteiger partial charge < -0.3 is 32.3 Å². The molecular weight excluding hydrogens is 424 g/mol. The Morgan fingerprint density at radius 3 is 1.12 bits per heavy atom. The van der Waals surface area contributed by atoms with E-state index in [0.717, 1.165) is 25.9 Å². The van der Waals surface area contributed by atoms with Crippen LogP contribution in [0.2, 0.25) is 0 Å². The first-order valence-electron chi connectivity index (χ1n) is 13.8. The summed E-state index contributed by atoms with van der Waals surface area (Å²) in [6.07, 6.45) is 30.2. The molecular formula is C28H56N4O2. The van der Waals surface area contributed by atoms with E-state index in [9.17, 15) is 10.2 Å². The Hall–Kier alpha value is -1.02. The minimum absolute atomic E-state index is 0.321. The Labute approximate surface area is 210 Å². The molecule has 6 heteroatoms. The van der Waals surface area contributed by atoms with Gasteiger partial charge in [-0.25, -0.2) is 0 Å². The van der Waals surface area contributed by atoms with Crippen LogP contribution in [0.25, 0.3) is 0 Å². The summed E-state index contributed by atoms with van der Waals surface area (Å²) >= 11 is 0. The summed E-state index contributed by atoms with van der Waals surface area (Å²) in [5.41, 5.74) is 10.7. The van der Waals surface area contributed by atoms with Crippen LogP contribution in [0, 0.1) is 0 Å². The highest BCUT2D eigenvalue weighted by molar-refractivity contribution is 4.84. The monoisotopic (exact) mass is 480 g/mol. The van der Waals surface area contributed by atoms with Gasteiger partial charge in [0.25, 0.3) is 0 Å². The molecule has 0 aliphatic heterocycles. The second-order valence-corrected chi connectivity index (χ2v) is 9.16. The van der Waals surface area contributed by atoms with E-state index in [2.05, 4.69) is 47.1 Å². The van der Waals surface area contributed by atoms with Crippen molar-refractivity contribution in [3.05, 3.63) is 36.5 Å². The maximum absolute atomic E-state index is 9.34. The van der Waals surface area contributed by atoms with Crippen molar-refractivity contribution in [1.29, 1.82) is 0 Å². The van der Waals surface area contributed by atoms with E-state index in [1.807, 2.05) is 0 Å². The van der Waals surface area contributed by atoms with Crippen LogP contribution in [0.1, 0.15) is 89.9 Å². The fraction of sp³-hybridized carbons (Fsp3) is 0.786. The molecule has 0 spiro atoms. The van der Waals surface area contributed by atoms with E-state index in [1.54, 1.807) is 0 Å². The van der Waals surface area contributed by atoms with Crippen molar-refractivity contribution in [2.45, 2.75) is 102 Å². The second kappa shape index (κ2) is 28.2. The van der Waals surface area contributed by atoms with Crippen LogP contribution in [0.3, 0.4) is 0 Å². The first-order valence-corrected chi connectivity index (χ1v) is 13.8. The number of aliphatic hydroxyl groups excluding tert-OH is 2. The third-order valence-electron chi connectivity index (χ3n) is 5.76. The van der Waals surface area contributed by atoms with Crippen LogP contribution in [0.4, 0.5) is 0 Å². The average Bonchev–Trinajstić information content (AvgIpc) is 2.85. The van der Waals surface area contributed by atoms with E-state index in [4.69, 9.17) is 11.5 Å². The zero-order valence-electron chi connectivity index (χ0n) is 21.8. The number of hydrogen-bond donors (Lipinski definition) is 6. The minimum atomic E-state index is -0.426. The summed E-state index contributed by atoms with van der Waals surface area (Å²) in [4.78, 5) is 0. The average molecular weight is 481 g/mol. The van der Waals surface area contributed by atoms with Gasteiger partial charge >= 0.3 is 0 Å². The molecule has 8 N–H and O–H groups in total. The molecule has 0 saturated carbocycles. The summed E-state index contributed by atoms with van der Waals surface area (Å²) < 4.78 is 0. The van der Waals surface area contributed by atoms with Gasteiger partial charge in [-0.05, 0) is 77.3 Å². The zero-order chi connectivity index (χ0) is 25.0. The second-order valence-electron chi connectivity index (χ2n) is 9.16. The van der Waals surface area contributed by atoms with Crippen LogP contribution in [-0.2, 0) is 0 Å². The molecule has 0 aliphatic carbocycles. The predicted molar refractivity (Wildman–Crippen MR) is 148 cm³/mol. The maximum Gasteiger partial charge on any atom is 0.0786 e. The minimum Gasteiger partial charge on any atom is -0.390 e. The lowest BCUT2D eigenvalue weighted by Crippen LogP contribution is -2.32. The van der Waals surface area contributed by atoms with E-state index < -0.39 is 12.2 Å². The van der Waals surface area contributed by atoms with Gasteiger partial charge in [-0.15, -0.1) is 0 Å². The van der Waals surface area contributed by atoms with Gasteiger partial charge in [0.15, 0.2) is 0 Å². The van der Waals surface area contributed by atoms with Crippen molar-refractivity contribution in [1.82, 2.24) is 10.6 Å². The smallest absolute Gasteiger partial charge is 0.0786 e. The third-order valence-corrected chi connectivity index (χ3v) is 5.76. The molecule has 2 atom stereocenters. The third kappa shape index (κ3) is 27.2. The summed E-state index contributed by atoms with van der Waals surface area (Å²) in [7, 11) is 0. The van der Waals surface area contributed by atoms with Gasteiger partial charge in [0.05, 0.1) is 12.2 Å². The molecule has 0 rings (SSSR count). The van der Waals surface area contributed by atoms with Crippen LogP contribution >= 0.6 is 0 Å². The Bertz CT molecular complexity index is 483. The van der Waals surface area contributed by atoms with E-state index in [0.29, 0.717) is 26.2 Å². The summed E-state index contributed by atoms with van der Waals surface area (Å²) in [5, 5.41) is 25.1. The van der Waals surface area contributed by atoms with E-state index in [-0.39, 0.29) is 0 Å². The normalized spacial score (nSPS) is 14.1. The Kier molecular flexibility index (Phi) is 27.4. The largest absolute Gasteiger partial charge is 0.390 e. The first-order chi connectivity index (χ1) is 16.7. The molecule has 0 radical (unpaired) electrons. The lowest BCUT2D eigenvalue weighted by atomic mass is 10.1. The van der Waals surface area contributed by atoms with Gasteiger partial charge in [0, 0.05) is 26.2 Å². The number of nitrogens with two attached hydrogens (primary N) is 2. The first kappa shape index (κ1) is 33.0. The highest BCUT2D eigenvalue weighted by Gasteiger charge is 1.98. The molecule has 0 aliphatic rings. The fourth-order valence-electron chi connectivity index (χ4n) is 3.54. The van der Waals surface area contributed by atoms with Gasteiger partial charge in [-0.1, -0.05) is 62.1 Å². The Morgan fingerprint density at radius 2 is 0.765 bits per heavy atom. The molecule has 0 saturated heterocycles. The molecule has 200 valence electrons. The van der Waals surface area contributed by atoms with Gasteiger partial charge in [0.2, 0.25) is 0 Å². The highest BCUT2D eigenvalue weighted by Crippen LogP contribution is 2.09. The molecule has 2 unspecified atom stereocenters. The maximum atomic E-state index is 9.34. The molecule has 0 bridgehead atoms. The number of hydrogen-bond acceptors (Lipinski definition) is 6. The molecule has 6 nitrogen and oxygen atoms in total. The van der Waals surface area contributed by atoms with Crippen molar-refractivity contribution < 1.29 is 10.2 Å². The van der Waals surface area contributed by atoms with Crippen LogP contribution in [0.15, 0.2) is 36.5 Å². The quantitative estimate of drug-likeness (QED) is 0.0825. The zero-order valence-corrected chi connectivity index (χ0v) is 21.8. The Balaban J connectivity index is 3.23. The van der Waals surface area contributed by atoms with Crippen LogP contribution in [0.5, 0.6) is 0 Å². The SMILES string of the molecule is NCC(O)CNCCC=CCCCCCC=CCCCCCCCC=CCCNCC(O)CN. The molecule has 0 aromatic heterocycles. The summed E-state index contributed by atoms with van der Waals surface area (Å²) in [5.74, 6) is 0. The molecule has 0 heterocycles. The lowest BCUT2D eigenvalue weighted by Gasteiger charge is -2.07. The van der Waals surface area contributed by atoms with Crippen LogP contribution in [-0.4, -0.2) is 61.7 Å². The molecule has 0 aromatic rings. The molecule has 0 fully saturated rings. The van der Waals surface area contributed by atoms with Crippen LogP contribution < -0.4 is 22.1 Å². The Morgan fingerprint density at radius 1 is 0.471 bits per heavy atom. The van der Waals surface area contributed by atoms with Gasteiger partial charge in [0.1, 0.15) is 0 Å². The lowest BCUT2D eigenvalue weighted by molar-refractivity contribution is 0.180. The van der Waals surface area contributed by atoms with Gasteiger partial charge in [-0.3, -0.25) is 0 Å². The number of rotatable bonds is 26. The standard InChI is InChI=1S/C28H56N4O2/c29-23-27(33)25-31-21-19-17-15-13-11-9-7-5-3-1-2-4-6-8-10-12-14-16-18-20-22-32-26-28(34)24-30/h1,3,15-18,27-28,31-34H,2,4-14,19-26,29-30H2. The van der Waals surface area contributed by atoms with Crippen molar-refractivity contribution in [2.75, 3.05) is 39.3 Å². The van der Waals surface area contributed by atoms with E-state index >= 15 is 0 Å². The fourth-order valence-corrected chi connectivity index (χ4v) is 3.54. The number of nitrogens with one attached hydrogen (secondary N) is 2. The summed E-state index contributed by atoms with van der Waals surface area (Å²) in [6, 6.07) is 0. The topological polar surface area (TPSA) is 117 Å². The van der Waals surface area contributed by atoms with E-state index in [1.165, 1.54) is 77.0 Å². The van der Waals surface area contributed by atoms with Gasteiger partial charge in [-0.2, -0.15) is 0 Å². The van der Waals surface area contributed by atoms with Crippen molar-refractivity contribution in [3.63, 3.8) is 0 Å². The van der Waals surface area contributed by atoms with Crippen molar-refractivity contribution in [3.8, 4) is 0 Å². The summed E-state index contributed by atoms with van der Waals surface area (Å²) in [6.45, 7) is 3.61. The van der Waals surface area contributed by atoms with Crippen molar-refractivity contribution >= 4 is 0 Å². The number of aliphatic hydroxyl groups is 2. The molecule has 34 heavy (non-hydrogen) atoms. The molecule has 0 aromatic carbocycles. The highest BCUT2D eigenvalue weighted by atomic mass is 16.3.